The molecule has 2 rings (SSSR count). The van der Waals surface area contributed by atoms with Gasteiger partial charge in [0, 0.05) is 18.5 Å². The standard InChI is InChI=1S/C15H21FN2O/c1-11(8-9-17)15(19)18(14-6-7-14)10-12-2-4-13(16)5-3-12/h2-5,11,14H,6-10,17H2,1H3. The monoisotopic (exact) mass is 264 g/mol. The van der Waals surface area contributed by atoms with Gasteiger partial charge in [0.25, 0.3) is 0 Å². The molecule has 4 heteroatoms. The largest absolute Gasteiger partial charge is 0.335 e. The first-order valence-electron chi connectivity index (χ1n) is 6.87. The number of carbonyl (C=O) groups excluding carboxylic acids is 1. The average Bonchev–Trinajstić information content (AvgIpc) is 3.22. The second kappa shape index (κ2) is 6.15. The van der Waals surface area contributed by atoms with Crippen molar-refractivity contribution in [1.29, 1.82) is 0 Å². The van der Waals surface area contributed by atoms with Crippen LogP contribution in [0.5, 0.6) is 0 Å². The molecule has 1 aliphatic rings. The molecule has 1 atom stereocenters. The Labute approximate surface area is 113 Å². The Morgan fingerprint density at radius 1 is 1.42 bits per heavy atom. The summed E-state index contributed by atoms with van der Waals surface area (Å²) in [6, 6.07) is 6.72. The summed E-state index contributed by atoms with van der Waals surface area (Å²) in [6.07, 6.45) is 2.86. The van der Waals surface area contributed by atoms with Gasteiger partial charge in [-0.25, -0.2) is 4.39 Å². The zero-order chi connectivity index (χ0) is 13.8. The Hall–Kier alpha value is -1.42. The summed E-state index contributed by atoms with van der Waals surface area (Å²) in [5, 5.41) is 0. The quantitative estimate of drug-likeness (QED) is 0.857. The van der Waals surface area contributed by atoms with Crippen LogP contribution in [0.1, 0.15) is 31.7 Å². The first-order valence-corrected chi connectivity index (χ1v) is 6.87. The van der Waals surface area contributed by atoms with Crippen molar-refractivity contribution < 1.29 is 9.18 Å². The second-order valence-electron chi connectivity index (χ2n) is 5.30. The van der Waals surface area contributed by atoms with E-state index in [2.05, 4.69) is 0 Å². The SMILES string of the molecule is CC(CCN)C(=O)N(Cc1ccc(F)cc1)C1CC1. The summed E-state index contributed by atoms with van der Waals surface area (Å²) < 4.78 is 12.9. The highest BCUT2D eigenvalue weighted by atomic mass is 19.1. The van der Waals surface area contributed by atoms with Crippen molar-refractivity contribution in [3.05, 3.63) is 35.6 Å². The molecule has 1 aromatic carbocycles. The topological polar surface area (TPSA) is 46.3 Å². The Balaban J connectivity index is 2.04. The lowest BCUT2D eigenvalue weighted by atomic mass is 10.1. The van der Waals surface area contributed by atoms with E-state index in [0.29, 0.717) is 25.6 Å². The highest BCUT2D eigenvalue weighted by molar-refractivity contribution is 5.79. The average molecular weight is 264 g/mol. The van der Waals surface area contributed by atoms with Crippen LogP contribution in [0.2, 0.25) is 0 Å². The van der Waals surface area contributed by atoms with Crippen LogP contribution in [0, 0.1) is 11.7 Å². The van der Waals surface area contributed by atoms with Crippen molar-refractivity contribution in [2.45, 2.75) is 38.8 Å². The molecule has 2 N–H and O–H groups in total. The first-order chi connectivity index (χ1) is 9.11. The molecule has 104 valence electrons. The summed E-state index contributed by atoms with van der Waals surface area (Å²) >= 11 is 0. The molecule has 1 saturated carbocycles. The molecule has 1 fully saturated rings. The van der Waals surface area contributed by atoms with E-state index in [9.17, 15) is 9.18 Å². The molecule has 0 spiro atoms. The van der Waals surface area contributed by atoms with Crippen LogP contribution >= 0.6 is 0 Å². The molecule has 0 radical (unpaired) electrons. The lowest BCUT2D eigenvalue weighted by Crippen LogP contribution is -2.37. The van der Waals surface area contributed by atoms with Crippen LogP contribution in [-0.2, 0) is 11.3 Å². The van der Waals surface area contributed by atoms with E-state index < -0.39 is 0 Å². The maximum atomic E-state index is 12.9. The van der Waals surface area contributed by atoms with Crippen LogP contribution in [0.3, 0.4) is 0 Å². The number of hydrogen-bond donors (Lipinski definition) is 1. The molecule has 0 bridgehead atoms. The van der Waals surface area contributed by atoms with Crippen molar-refractivity contribution in [2.24, 2.45) is 11.7 Å². The molecule has 1 aliphatic carbocycles. The van der Waals surface area contributed by atoms with E-state index in [1.807, 2.05) is 11.8 Å². The van der Waals surface area contributed by atoms with Gasteiger partial charge in [0.1, 0.15) is 5.82 Å². The molecule has 3 nitrogen and oxygen atoms in total. The Morgan fingerprint density at radius 2 is 2.05 bits per heavy atom. The molecule has 0 heterocycles. The van der Waals surface area contributed by atoms with Crippen molar-refractivity contribution in [1.82, 2.24) is 4.90 Å². The van der Waals surface area contributed by atoms with Gasteiger partial charge in [-0.1, -0.05) is 19.1 Å². The van der Waals surface area contributed by atoms with Crippen molar-refractivity contribution in [2.75, 3.05) is 6.54 Å². The molecular formula is C15H21FN2O. The maximum Gasteiger partial charge on any atom is 0.225 e. The zero-order valence-electron chi connectivity index (χ0n) is 11.3. The highest BCUT2D eigenvalue weighted by Crippen LogP contribution is 2.30. The fourth-order valence-corrected chi connectivity index (χ4v) is 2.22. The van der Waals surface area contributed by atoms with Gasteiger partial charge in [-0.05, 0) is 43.5 Å². The van der Waals surface area contributed by atoms with Gasteiger partial charge in [-0.15, -0.1) is 0 Å². The molecule has 19 heavy (non-hydrogen) atoms. The number of rotatable bonds is 6. The number of carbonyl (C=O) groups is 1. The van der Waals surface area contributed by atoms with Gasteiger partial charge < -0.3 is 10.6 Å². The molecule has 0 saturated heterocycles. The number of nitrogens with zero attached hydrogens (tertiary/aromatic N) is 1. The fraction of sp³-hybridized carbons (Fsp3) is 0.533. The molecule has 0 aliphatic heterocycles. The third-order valence-electron chi connectivity index (χ3n) is 3.56. The smallest absolute Gasteiger partial charge is 0.225 e. The number of amides is 1. The summed E-state index contributed by atoms with van der Waals surface area (Å²) in [7, 11) is 0. The minimum Gasteiger partial charge on any atom is -0.335 e. The summed E-state index contributed by atoms with van der Waals surface area (Å²) in [6.45, 7) is 3.02. The third-order valence-corrected chi connectivity index (χ3v) is 3.56. The van der Waals surface area contributed by atoms with Gasteiger partial charge in [0.15, 0.2) is 0 Å². The van der Waals surface area contributed by atoms with Crippen LogP contribution in [0.4, 0.5) is 4.39 Å². The Kier molecular flexibility index (Phi) is 4.53. The minimum absolute atomic E-state index is 0.0361. The van der Waals surface area contributed by atoms with Crippen LogP contribution in [-0.4, -0.2) is 23.4 Å². The zero-order valence-corrected chi connectivity index (χ0v) is 11.3. The van der Waals surface area contributed by atoms with E-state index in [1.165, 1.54) is 12.1 Å². The summed E-state index contributed by atoms with van der Waals surface area (Å²) in [5.41, 5.74) is 6.49. The lowest BCUT2D eigenvalue weighted by molar-refractivity contribution is -0.136. The van der Waals surface area contributed by atoms with Crippen LogP contribution in [0.25, 0.3) is 0 Å². The normalized spacial score (nSPS) is 16.2. The molecule has 1 aromatic rings. The Bertz CT molecular complexity index is 428. The van der Waals surface area contributed by atoms with E-state index in [1.54, 1.807) is 12.1 Å². The first kappa shape index (κ1) is 14.0. The maximum absolute atomic E-state index is 12.9. The number of nitrogens with two attached hydrogens (primary N) is 1. The molecule has 1 unspecified atom stereocenters. The van der Waals surface area contributed by atoms with E-state index >= 15 is 0 Å². The summed E-state index contributed by atoms with van der Waals surface area (Å²) in [4.78, 5) is 14.3. The predicted molar refractivity (Wildman–Crippen MR) is 72.8 cm³/mol. The van der Waals surface area contributed by atoms with Gasteiger partial charge in [0.2, 0.25) is 5.91 Å². The number of hydrogen-bond acceptors (Lipinski definition) is 2. The second-order valence-corrected chi connectivity index (χ2v) is 5.30. The number of benzene rings is 1. The van der Waals surface area contributed by atoms with Crippen LogP contribution < -0.4 is 5.73 Å². The van der Waals surface area contributed by atoms with Crippen LogP contribution in [0.15, 0.2) is 24.3 Å². The van der Waals surface area contributed by atoms with E-state index in [-0.39, 0.29) is 17.6 Å². The number of halogens is 1. The fourth-order valence-electron chi connectivity index (χ4n) is 2.22. The lowest BCUT2D eigenvalue weighted by Gasteiger charge is -2.25. The highest BCUT2D eigenvalue weighted by Gasteiger charge is 2.34. The molecular weight excluding hydrogens is 243 g/mol. The molecule has 0 aromatic heterocycles. The Morgan fingerprint density at radius 3 is 2.58 bits per heavy atom. The summed E-state index contributed by atoms with van der Waals surface area (Å²) in [5.74, 6) is -0.118. The van der Waals surface area contributed by atoms with Gasteiger partial charge >= 0.3 is 0 Å². The van der Waals surface area contributed by atoms with Gasteiger partial charge in [0.05, 0.1) is 0 Å². The van der Waals surface area contributed by atoms with Gasteiger partial charge in [-0.3, -0.25) is 4.79 Å². The predicted octanol–water partition coefficient (Wildman–Crippen LogP) is 2.30. The van der Waals surface area contributed by atoms with E-state index in [4.69, 9.17) is 5.73 Å². The van der Waals surface area contributed by atoms with Gasteiger partial charge in [-0.2, -0.15) is 0 Å². The van der Waals surface area contributed by atoms with Crippen molar-refractivity contribution in [3.8, 4) is 0 Å². The van der Waals surface area contributed by atoms with E-state index in [0.717, 1.165) is 18.4 Å². The third kappa shape index (κ3) is 3.77. The van der Waals surface area contributed by atoms with Crippen molar-refractivity contribution in [3.63, 3.8) is 0 Å². The minimum atomic E-state index is -0.246. The van der Waals surface area contributed by atoms with Crippen molar-refractivity contribution >= 4 is 5.91 Å². The molecule has 1 amide bonds.